The first-order valence-electron chi connectivity index (χ1n) is 7.47. The van der Waals surface area contributed by atoms with E-state index >= 15 is 0 Å². The van der Waals surface area contributed by atoms with Gasteiger partial charge in [-0.15, -0.1) is 11.3 Å². The molecule has 1 N–H and O–H groups in total. The molecule has 0 aliphatic carbocycles. The van der Waals surface area contributed by atoms with Crippen LogP contribution in [0.15, 0.2) is 54.2 Å². The number of rotatable bonds is 7. The largest absolute Gasteiger partial charge is 0.459 e. The zero-order valence-electron chi connectivity index (χ0n) is 12.9. The van der Waals surface area contributed by atoms with Crippen LogP contribution in [0.5, 0.6) is 0 Å². The van der Waals surface area contributed by atoms with Gasteiger partial charge in [-0.05, 0) is 6.07 Å². The number of hydrogen-bond acceptors (Lipinski definition) is 7. The molecule has 122 valence electrons. The van der Waals surface area contributed by atoms with E-state index < -0.39 is 0 Å². The van der Waals surface area contributed by atoms with Gasteiger partial charge in [0.15, 0.2) is 0 Å². The number of nitrogens with one attached hydrogen (secondary N) is 1. The van der Waals surface area contributed by atoms with Gasteiger partial charge < -0.3 is 10.1 Å². The minimum Gasteiger partial charge on any atom is -0.459 e. The molecule has 0 amide bonds. The third-order valence-electron chi connectivity index (χ3n) is 3.13. The van der Waals surface area contributed by atoms with Crippen LogP contribution in [0.3, 0.4) is 0 Å². The van der Waals surface area contributed by atoms with Crippen molar-refractivity contribution in [3.8, 4) is 10.6 Å². The van der Waals surface area contributed by atoms with E-state index in [1.54, 1.807) is 18.5 Å². The Balaban J connectivity index is 1.42. The van der Waals surface area contributed by atoms with Gasteiger partial charge in [-0.1, -0.05) is 30.3 Å². The molecule has 7 heteroatoms. The molecule has 0 saturated carbocycles. The quantitative estimate of drug-likeness (QED) is 0.666. The topological polar surface area (TPSA) is 77.0 Å². The van der Waals surface area contributed by atoms with Gasteiger partial charge in [-0.3, -0.25) is 4.79 Å². The van der Waals surface area contributed by atoms with Gasteiger partial charge in [0.1, 0.15) is 11.6 Å². The van der Waals surface area contributed by atoms with Gasteiger partial charge in [0.25, 0.3) is 0 Å². The van der Waals surface area contributed by atoms with Gasteiger partial charge in [-0.2, -0.15) is 0 Å². The van der Waals surface area contributed by atoms with E-state index in [-0.39, 0.29) is 19.0 Å². The van der Waals surface area contributed by atoms with E-state index in [0.29, 0.717) is 12.5 Å². The van der Waals surface area contributed by atoms with E-state index in [0.717, 1.165) is 16.3 Å². The summed E-state index contributed by atoms with van der Waals surface area (Å²) in [5.74, 6) is 0.213. The Labute approximate surface area is 143 Å². The Bertz CT molecular complexity index is 778. The van der Waals surface area contributed by atoms with Crippen LogP contribution in [-0.4, -0.2) is 27.5 Å². The molecule has 0 spiro atoms. The van der Waals surface area contributed by atoms with Crippen LogP contribution in [0, 0.1) is 0 Å². The number of benzene rings is 1. The molecule has 0 aliphatic heterocycles. The van der Waals surface area contributed by atoms with Crippen molar-refractivity contribution in [3.05, 3.63) is 59.9 Å². The van der Waals surface area contributed by atoms with Crippen LogP contribution in [0.4, 0.5) is 5.95 Å². The SMILES string of the molecule is O=C(CCNc1ncccn1)OCc1csc(-c2ccccc2)n1. The molecule has 24 heavy (non-hydrogen) atoms. The lowest BCUT2D eigenvalue weighted by molar-refractivity contribution is -0.144. The minimum atomic E-state index is -0.285. The van der Waals surface area contributed by atoms with Crippen molar-refractivity contribution in [2.75, 3.05) is 11.9 Å². The number of nitrogens with zero attached hydrogens (tertiary/aromatic N) is 3. The normalized spacial score (nSPS) is 10.3. The summed E-state index contributed by atoms with van der Waals surface area (Å²) in [5, 5.41) is 5.79. The fourth-order valence-corrected chi connectivity index (χ4v) is 2.79. The molecular formula is C17H16N4O2S. The maximum Gasteiger partial charge on any atom is 0.307 e. The van der Waals surface area contributed by atoms with Gasteiger partial charge in [0, 0.05) is 29.9 Å². The van der Waals surface area contributed by atoms with Crippen molar-refractivity contribution in [2.45, 2.75) is 13.0 Å². The van der Waals surface area contributed by atoms with Crippen molar-refractivity contribution in [1.82, 2.24) is 15.0 Å². The number of ether oxygens (including phenoxy) is 1. The molecular weight excluding hydrogens is 324 g/mol. The number of anilines is 1. The first-order chi connectivity index (χ1) is 11.8. The highest BCUT2D eigenvalue weighted by Gasteiger charge is 2.08. The number of carbonyl (C=O) groups is 1. The summed E-state index contributed by atoms with van der Waals surface area (Å²) in [5.41, 5.74) is 1.82. The molecule has 0 atom stereocenters. The Morgan fingerprint density at radius 2 is 1.92 bits per heavy atom. The van der Waals surface area contributed by atoms with Gasteiger partial charge in [-0.25, -0.2) is 15.0 Å². The average Bonchev–Trinajstić information content (AvgIpc) is 3.11. The van der Waals surface area contributed by atoms with Gasteiger partial charge in [0.05, 0.1) is 12.1 Å². The molecule has 0 unspecified atom stereocenters. The number of carbonyl (C=O) groups excluding carboxylic acids is 1. The molecule has 6 nitrogen and oxygen atoms in total. The maximum absolute atomic E-state index is 11.8. The van der Waals surface area contributed by atoms with Crippen molar-refractivity contribution in [3.63, 3.8) is 0 Å². The summed E-state index contributed by atoms with van der Waals surface area (Å²) >= 11 is 1.54. The molecule has 0 saturated heterocycles. The molecule has 2 heterocycles. The van der Waals surface area contributed by atoms with Crippen molar-refractivity contribution < 1.29 is 9.53 Å². The fourth-order valence-electron chi connectivity index (χ4n) is 1.98. The zero-order chi connectivity index (χ0) is 16.6. The number of thiazole rings is 1. The van der Waals surface area contributed by atoms with E-state index in [9.17, 15) is 4.79 Å². The molecule has 0 aliphatic rings. The lowest BCUT2D eigenvalue weighted by Gasteiger charge is -2.04. The number of aromatic nitrogens is 3. The molecule has 0 bridgehead atoms. The highest BCUT2D eigenvalue weighted by atomic mass is 32.1. The van der Waals surface area contributed by atoms with Gasteiger partial charge >= 0.3 is 5.97 Å². The highest BCUT2D eigenvalue weighted by molar-refractivity contribution is 7.13. The Hall–Kier alpha value is -2.80. The van der Waals surface area contributed by atoms with Crippen molar-refractivity contribution >= 4 is 23.3 Å². The predicted octanol–water partition coefficient (Wildman–Crippen LogP) is 3.15. The zero-order valence-corrected chi connectivity index (χ0v) is 13.7. The van der Waals surface area contributed by atoms with Crippen LogP contribution in [0.25, 0.3) is 10.6 Å². The highest BCUT2D eigenvalue weighted by Crippen LogP contribution is 2.23. The summed E-state index contributed by atoms with van der Waals surface area (Å²) in [4.78, 5) is 24.3. The first kappa shape index (κ1) is 16.1. The maximum atomic E-state index is 11.8. The van der Waals surface area contributed by atoms with Crippen LogP contribution in [0.2, 0.25) is 0 Å². The molecule has 0 radical (unpaired) electrons. The molecule has 1 aromatic carbocycles. The van der Waals surface area contributed by atoms with Crippen LogP contribution < -0.4 is 5.32 Å². The Morgan fingerprint density at radius 1 is 1.12 bits per heavy atom. The molecule has 3 aromatic rings. The minimum absolute atomic E-state index is 0.185. The molecule has 2 aromatic heterocycles. The fraction of sp³-hybridized carbons (Fsp3) is 0.176. The second-order valence-corrected chi connectivity index (χ2v) is 5.78. The molecule has 0 fully saturated rings. The summed E-state index contributed by atoms with van der Waals surface area (Å²) in [6.45, 7) is 0.610. The van der Waals surface area contributed by atoms with Crippen LogP contribution in [0.1, 0.15) is 12.1 Å². The monoisotopic (exact) mass is 340 g/mol. The summed E-state index contributed by atoms with van der Waals surface area (Å²) in [6.07, 6.45) is 3.52. The van der Waals surface area contributed by atoms with Crippen molar-refractivity contribution in [1.29, 1.82) is 0 Å². The van der Waals surface area contributed by atoms with Crippen molar-refractivity contribution in [2.24, 2.45) is 0 Å². The predicted molar refractivity (Wildman–Crippen MR) is 92.5 cm³/mol. The smallest absolute Gasteiger partial charge is 0.307 e. The lowest BCUT2D eigenvalue weighted by atomic mass is 10.2. The van der Waals surface area contributed by atoms with Crippen LogP contribution >= 0.6 is 11.3 Å². The second kappa shape index (κ2) is 8.16. The third-order valence-corrected chi connectivity index (χ3v) is 4.07. The van der Waals surface area contributed by atoms with Gasteiger partial charge in [0.2, 0.25) is 5.95 Å². The third kappa shape index (κ3) is 4.60. The second-order valence-electron chi connectivity index (χ2n) is 4.92. The molecule has 3 rings (SSSR count). The van der Waals surface area contributed by atoms with E-state index in [4.69, 9.17) is 4.74 Å². The van der Waals surface area contributed by atoms with E-state index in [1.807, 2.05) is 35.7 Å². The Morgan fingerprint density at radius 3 is 2.71 bits per heavy atom. The Kier molecular flexibility index (Phi) is 5.47. The standard InChI is InChI=1S/C17H16N4O2S/c22-15(7-10-20-17-18-8-4-9-19-17)23-11-14-12-24-16(21-14)13-5-2-1-3-6-13/h1-6,8-9,12H,7,10-11H2,(H,18,19,20). The van der Waals surface area contributed by atoms with E-state index in [1.165, 1.54) is 11.3 Å². The van der Waals surface area contributed by atoms with E-state index in [2.05, 4.69) is 20.3 Å². The number of esters is 1. The van der Waals surface area contributed by atoms with Crippen LogP contribution in [-0.2, 0) is 16.1 Å². The number of hydrogen-bond donors (Lipinski definition) is 1. The summed E-state index contributed by atoms with van der Waals surface area (Å²) < 4.78 is 5.24. The lowest BCUT2D eigenvalue weighted by Crippen LogP contribution is -2.12. The summed E-state index contributed by atoms with van der Waals surface area (Å²) in [7, 11) is 0. The average molecular weight is 340 g/mol. The first-order valence-corrected chi connectivity index (χ1v) is 8.35. The summed E-state index contributed by atoms with van der Waals surface area (Å²) in [6, 6.07) is 11.7.